The van der Waals surface area contributed by atoms with Gasteiger partial charge in [-0.3, -0.25) is 0 Å². The van der Waals surface area contributed by atoms with Crippen molar-refractivity contribution in [3.63, 3.8) is 0 Å². The van der Waals surface area contributed by atoms with Crippen LogP contribution in [-0.2, 0) is 4.74 Å². The molecule has 1 nitrogen and oxygen atoms in total. The Morgan fingerprint density at radius 2 is 0.966 bits per heavy atom. The van der Waals surface area contributed by atoms with Gasteiger partial charge in [-0.05, 0) is 5.04 Å². The summed E-state index contributed by atoms with van der Waals surface area (Å²) >= 11 is 0. The smallest absolute Gasteiger partial charge is 0.150 e. The van der Waals surface area contributed by atoms with E-state index in [9.17, 15) is 0 Å². The third-order valence-electron chi connectivity index (χ3n) is 6.15. The van der Waals surface area contributed by atoms with Gasteiger partial charge in [0.15, 0.2) is 0 Å². The molecule has 0 bridgehead atoms. The van der Waals surface area contributed by atoms with Gasteiger partial charge in [0.1, 0.15) is 16.1 Å². The monoisotopic (exact) mass is 418 g/mol. The van der Waals surface area contributed by atoms with Crippen LogP contribution in [-0.4, -0.2) is 28.6 Å². The molecule has 0 aliphatic heterocycles. The second-order valence-electron chi connectivity index (χ2n) is 9.63. The molecule has 3 rings (SSSR count). The molecule has 0 spiro atoms. The zero-order valence-corrected chi connectivity index (χ0v) is 20.5. The van der Waals surface area contributed by atoms with Crippen LogP contribution in [0.5, 0.6) is 0 Å². The molecule has 0 aliphatic carbocycles. The number of ether oxygens (including phenoxy) is 1. The molecule has 29 heavy (non-hydrogen) atoms. The van der Waals surface area contributed by atoms with Crippen LogP contribution in [0.15, 0.2) is 91.0 Å². The summed E-state index contributed by atoms with van der Waals surface area (Å²) in [5, 5.41) is 4.51. The van der Waals surface area contributed by atoms with E-state index in [-0.39, 0.29) is 5.04 Å². The van der Waals surface area contributed by atoms with Crippen molar-refractivity contribution in [3.8, 4) is 0 Å². The summed E-state index contributed by atoms with van der Waals surface area (Å²) < 4.78 is 6.68. The lowest BCUT2D eigenvalue weighted by atomic mass is 10.2. The first-order valence-electron chi connectivity index (χ1n) is 10.5. The van der Waals surface area contributed by atoms with Crippen molar-refractivity contribution in [1.82, 2.24) is 0 Å². The fourth-order valence-electron chi connectivity index (χ4n) is 4.29. The molecule has 0 atom stereocenters. The largest absolute Gasteiger partial charge is 0.387 e. The van der Waals surface area contributed by atoms with Crippen LogP contribution in [0.4, 0.5) is 0 Å². The van der Waals surface area contributed by atoms with Crippen LogP contribution in [0.3, 0.4) is 0 Å². The van der Waals surface area contributed by atoms with Crippen molar-refractivity contribution in [2.24, 2.45) is 0 Å². The molecule has 3 aromatic rings. The Kier molecular flexibility index (Phi) is 6.62. The van der Waals surface area contributed by atoms with Gasteiger partial charge in [-0.25, -0.2) is 0 Å². The molecular weight excluding hydrogens is 384 g/mol. The molecule has 3 aromatic carbocycles. The third-order valence-corrected chi connectivity index (χ3v) is 14.8. The first-order valence-corrected chi connectivity index (χ1v) is 15.9. The van der Waals surface area contributed by atoms with Gasteiger partial charge in [0.05, 0.1) is 0 Å². The van der Waals surface area contributed by atoms with Crippen molar-refractivity contribution >= 4 is 31.7 Å². The standard InChI is InChI=1S/C26H34OSi2/c1-26(2,3)29(24-17-11-7-12-18-24,25-19-13-8-14-20-25)22-27-21-28(4,5)23-15-9-6-10-16-23/h6-20H,21-22H2,1-5H3. The maximum absolute atomic E-state index is 6.68. The molecule has 0 saturated heterocycles. The summed E-state index contributed by atoms with van der Waals surface area (Å²) in [6, 6.07) is 33.1. The topological polar surface area (TPSA) is 9.23 Å². The molecule has 3 heteroatoms. The molecule has 0 fully saturated rings. The van der Waals surface area contributed by atoms with Crippen molar-refractivity contribution in [2.45, 2.75) is 38.9 Å². The summed E-state index contributed by atoms with van der Waals surface area (Å²) in [6.07, 6.45) is 1.66. The van der Waals surface area contributed by atoms with E-state index in [1.165, 1.54) is 15.6 Å². The van der Waals surface area contributed by atoms with Crippen LogP contribution in [0, 0.1) is 0 Å². The fourth-order valence-corrected chi connectivity index (χ4v) is 11.1. The molecular formula is C26H34OSi2. The zero-order chi connectivity index (χ0) is 21.0. The summed E-state index contributed by atoms with van der Waals surface area (Å²) in [5.41, 5.74) is 0. The minimum atomic E-state index is -2.15. The average Bonchev–Trinajstić information content (AvgIpc) is 2.72. The van der Waals surface area contributed by atoms with Gasteiger partial charge in [-0.2, -0.15) is 0 Å². The maximum atomic E-state index is 6.68. The summed E-state index contributed by atoms with van der Waals surface area (Å²) in [7, 11) is -3.79. The highest BCUT2D eigenvalue weighted by Crippen LogP contribution is 2.36. The Balaban J connectivity index is 1.96. The first kappa shape index (κ1) is 21.8. The minimum Gasteiger partial charge on any atom is -0.387 e. The highest BCUT2D eigenvalue weighted by atomic mass is 28.3. The molecule has 0 heterocycles. The molecule has 0 aliphatic rings. The molecule has 152 valence electrons. The second kappa shape index (κ2) is 8.82. The Hall–Kier alpha value is -1.95. The SMILES string of the molecule is CC(C)(C)[Si](COC[Si](C)(C)c1ccccc1)(c1ccccc1)c1ccccc1. The fraction of sp³-hybridized carbons (Fsp3) is 0.308. The predicted molar refractivity (Wildman–Crippen MR) is 132 cm³/mol. The number of benzene rings is 3. The van der Waals surface area contributed by atoms with Crippen molar-refractivity contribution < 1.29 is 4.74 Å². The highest BCUT2D eigenvalue weighted by Gasteiger charge is 2.48. The van der Waals surface area contributed by atoms with Gasteiger partial charge in [-0.1, -0.05) is 140 Å². The summed E-state index contributed by atoms with van der Waals surface area (Å²) in [6.45, 7) is 12.0. The predicted octanol–water partition coefficient (Wildman–Crippen LogP) is 4.76. The van der Waals surface area contributed by atoms with E-state index in [0.717, 1.165) is 12.5 Å². The lowest BCUT2D eigenvalue weighted by Gasteiger charge is -2.44. The van der Waals surface area contributed by atoms with Gasteiger partial charge in [-0.15, -0.1) is 0 Å². The molecule has 0 N–H and O–H groups in total. The van der Waals surface area contributed by atoms with Crippen molar-refractivity contribution in [1.29, 1.82) is 0 Å². The van der Waals surface area contributed by atoms with Crippen LogP contribution in [0.2, 0.25) is 18.1 Å². The molecule has 0 aromatic heterocycles. The van der Waals surface area contributed by atoms with Crippen LogP contribution < -0.4 is 15.6 Å². The lowest BCUT2D eigenvalue weighted by molar-refractivity contribution is 0.217. The van der Waals surface area contributed by atoms with E-state index >= 15 is 0 Å². The average molecular weight is 419 g/mol. The molecule has 0 saturated carbocycles. The first-order chi connectivity index (χ1) is 13.8. The normalized spacial score (nSPS) is 12.7. The molecule has 0 unspecified atom stereocenters. The van der Waals surface area contributed by atoms with Gasteiger partial charge in [0.25, 0.3) is 0 Å². The van der Waals surface area contributed by atoms with Crippen molar-refractivity contribution in [2.75, 3.05) is 12.5 Å². The van der Waals surface area contributed by atoms with E-state index in [1.54, 1.807) is 0 Å². The Bertz CT molecular complexity index is 845. The summed E-state index contributed by atoms with van der Waals surface area (Å²) in [5.74, 6) is 0. The van der Waals surface area contributed by atoms with E-state index in [0.29, 0.717) is 0 Å². The lowest BCUT2D eigenvalue weighted by Crippen LogP contribution is -2.68. The van der Waals surface area contributed by atoms with Crippen molar-refractivity contribution in [3.05, 3.63) is 91.0 Å². The van der Waals surface area contributed by atoms with Crippen LogP contribution >= 0.6 is 0 Å². The Morgan fingerprint density at radius 3 is 1.34 bits per heavy atom. The Morgan fingerprint density at radius 1 is 0.586 bits per heavy atom. The van der Waals surface area contributed by atoms with Crippen LogP contribution in [0.25, 0.3) is 0 Å². The zero-order valence-electron chi connectivity index (χ0n) is 18.5. The van der Waals surface area contributed by atoms with E-state index in [4.69, 9.17) is 4.74 Å². The number of hydrogen-bond donors (Lipinski definition) is 0. The van der Waals surface area contributed by atoms with Gasteiger partial charge < -0.3 is 4.74 Å². The van der Waals surface area contributed by atoms with E-state index in [1.807, 2.05) is 0 Å². The number of rotatable bonds is 7. The molecule has 0 radical (unpaired) electrons. The minimum absolute atomic E-state index is 0.133. The van der Waals surface area contributed by atoms with Crippen LogP contribution in [0.1, 0.15) is 20.8 Å². The van der Waals surface area contributed by atoms with Gasteiger partial charge in [0.2, 0.25) is 0 Å². The van der Waals surface area contributed by atoms with E-state index in [2.05, 4.69) is 125 Å². The highest BCUT2D eigenvalue weighted by molar-refractivity contribution is 7.04. The Labute approximate surface area is 178 Å². The maximum Gasteiger partial charge on any atom is 0.150 e. The third kappa shape index (κ3) is 4.63. The number of hydrogen-bond acceptors (Lipinski definition) is 1. The van der Waals surface area contributed by atoms with Gasteiger partial charge >= 0.3 is 0 Å². The summed E-state index contributed by atoms with van der Waals surface area (Å²) in [4.78, 5) is 0. The second-order valence-corrected chi connectivity index (χ2v) is 19.0. The molecule has 0 amide bonds. The quantitative estimate of drug-likeness (QED) is 0.503. The van der Waals surface area contributed by atoms with E-state index < -0.39 is 16.1 Å². The van der Waals surface area contributed by atoms with Gasteiger partial charge in [0, 0.05) is 12.5 Å².